The highest BCUT2D eigenvalue weighted by Crippen LogP contribution is 2.37. The van der Waals surface area contributed by atoms with Crippen LogP contribution >= 0.6 is 0 Å². The molecule has 0 aromatic carbocycles. The van der Waals surface area contributed by atoms with Crippen LogP contribution < -0.4 is 5.69 Å². The highest BCUT2D eigenvalue weighted by atomic mass is 19.4. The Balaban J connectivity index is 2.45. The standard InChI is InChI=1S/C8H8F3N3O3/c9-8(10,11)3-1-4(6(15)16)14-5(2-3)12-13-7(14)17/h3-4H,1-2H2,(H,13,17)(H,15,16)/t3-,4+/m1/s1. The predicted octanol–water partition coefficient (Wildman–Crippen LogP) is 0.322. The summed E-state index contributed by atoms with van der Waals surface area (Å²) >= 11 is 0. The lowest BCUT2D eigenvalue weighted by Gasteiger charge is -2.28. The van der Waals surface area contributed by atoms with Crippen molar-refractivity contribution in [3.05, 3.63) is 16.3 Å². The van der Waals surface area contributed by atoms with E-state index in [0.29, 0.717) is 0 Å². The maximum absolute atomic E-state index is 12.6. The average molecular weight is 251 g/mol. The third kappa shape index (κ3) is 1.92. The van der Waals surface area contributed by atoms with Crippen LogP contribution in [0, 0.1) is 5.92 Å². The van der Waals surface area contributed by atoms with Crippen LogP contribution in [0.5, 0.6) is 0 Å². The fraction of sp³-hybridized carbons (Fsp3) is 0.625. The van der Waals surface area contributed by atoms with E-state index < -0.39 is 42.6 Å². The van der Waals surface area contributed by atoms with Crippen LogP contribution in [-0.2, 0) is 11.2 Å². The number of nitrogens with one attached hydrogen (secondary N) is 1. The molecule has 0 unspecified atom stereocenters. The molecule has 0 radical (unpaired) electrons. The number of rotatable bonds is 1. The van der Waals surface area contributed by atoms with Crippen LogP contribution in [0.1, 0.15) is 18.3 Å². The largest absolute Gasteiger partial charge is 0.480 e. The monoisotopic (exact) mass is 251 g/mol. The van der Waals surface area contributed by atoms with E-state index in [-0.39, 0.29) is 5.82 Å². The summed E-state index contributed by atoms with van der Waals surface area (Å²) in [6, 6.07) is -1.52. The van der Waals surface area contributed by atoms with Crippen molar-refractivity contribution in [3.63, 3.8) is 0 Å². The highest BCUT2D eigenvalue weighted by Gasteiger charge is 2.46. The first kappa shape index (κ1) is 11.7. The Morgan fingerprint density at radius 2 is 2.18 bits per heavy atom. The van der Waals surface area contributed by atoms with Gasteiger partial charge in [0.1, 0.15) is 11.9 Å². The van der Waals surface area contributed by atoms with Gasteiger partial charge in [-0.25, -0.2) is 14.7 Å². The molecule has 0 bridgehead atoms. The zero-order valence-corrected chi connectivity index (χ0v) is 8.36. The molecule has 2 atom stereocenters. The molecule has 0 saturated heterocycles. The number of hydrogen-bond acceptors (Lipinski definition) is 3. The molecule has 0 spiro atoms. The molecule has 9 heteroatoms. The zero-order chi connectivity index (χ0) is 12.8. The summed E-state index contributed by atoms with van der Waals surface area (Å²) in [5.41, 5.74) is -0.798. The molecular weight excluding hydrogens is 243 g/mol. The number of nitrogens with zero attached hydrogens (tertiary/aromatic N) is 2. The van der Waals surface area contributed by atoms with E-state index in [9.17, 15) is 22.8 Å². The summed E-state index contributed by atoms with van der Waals surface area (Å²) < 4.78 is 38.5. The Kier molecular flexibility index (Phi) is 2.48. The number of aromatic nitrogens is 3. The van der Waals surface area contributed by atoms with Crippen LogP contribution in [0.3, 0.4) is 0 Å². The number of carboxylic acids is 1. The van der Waals surface area contributed by atoms with Crippen molar-refractivity contribution in [2.75, 3.05) is 0 Å². The number of carbonyl (C=O) groups is 1. The fourth-order valence-corrected chi connectivity index (χ4v) is 1.94. The zero-order valence-electron chi connectivity index (χ0n) is 8.36. The number of H-pyrrole nitrogens is 1. The molecular formula is C8H8F3N3O3. The summed E-state index contributed by atoms with van der Waals surface area (Å²) in [5.74, 6) is -3.43. The van der Waals surface area contributed by atoms with Crippen molar-refractivity contribution in [1.29, 1.82) is 0 Å². The average Bonchev–Trinajstić information content (AvgIpc) is 2.58. The van der Waals surface area contributed by atoms with Gasteiger partial charge in [-0.1, -0.05) is 0 Å². The number of alkyl halides is 3. The van der Waals surface area contributed by atoms with Crippen molar-refractivity contribution in [2.24, 2.45) is 5.92 Å². The molecule has 0 aliphatic carbocycles. The third-order valence-corrected chi connectivity index (χ3v) is 2.77. The van der Waals surface area contributed by atoms with Gasteiger partial charge in [-0.2, -0.15) is 18.3 Å². The fourth-order valence-electron chi connectivity index (χ4n) is 1.94. The quantitative estimate of drug-likeness (QED) is 0.752. The Morgan fingerprint density at radius 1 is 1.53 bits per heavy atom. The third-order valence-electron chi connectivity index (χ3n) is 2.77. The molecule has 1 aromatic rings. The van der Waals surface area contributed by atoms with Crippen molar-refractivity contribution >= 4 is 5.97 Å². The second-order valence-corrected chi connectivity index (χ2v) is 3.85. The first-order valence-corrected chi connectivity index (χ1v) is 4.76. The van der Waals surface area contributed by atoms with Gasteiger partial charge in [0, 0.05) is 6.42 Å². The van der Waals surface area contributed by atoms with Crippen LogP contribution in [0.2, 0.25) is 0 Å². The second kappa shape index (κ2) is 3.60. The highest BCUT2D eigenvalue weighted by molar-refractivity contribution is 5.72. The van der Waals surface area contributed by atoms with Gasteiger partial charge >= 0.3 is 17.8 Å². The number of carboxylic acid groups (broad SMARTS) is 1. The Bertz CT molecular complexity index is 504. The lowest BCUT2D eigenvalue weighted by molar-refractivity contribution is -0.183. The molecule has 0 amide bonds. The normalized spacial score (nSPS) is 24.4. The first-order valence-electron chi connectivity index (χ1n) is 4.76. The molecule has 0 fully saturated rings. The van der Waals surface area contributed by atoms with Gasteiger partial charge in [0.2, 0.25) is 0 Å². The lowest BCUT2D eigenvalue weighted by atomic mass is 9.92. The van der Waals surface area contributed by atoms with Crippen LogP contribution in [0.25, 0.3) is 0 Å². The number of aliphatic carboxylic acids is 1. The van der Waals surface area contributed by atoms with E-state index in [1.165, 1.54) is 0 Å². The molecule has 2 heterocycles. The summed E-state index contributed by atoms with van der Waals surface area (Å²) in [5, 5.41) is 14.2. The number of hydrogen-bond donors (Lipinski definition) is 2. The summed E-state index contributed by atoms with van der Waals surface area (Å²) in [7, 11) is 0. The molecule has 0 saturated carbocycles. The van der Waals surface area contributed by atoms with Gasteiger partial charge in [-0.05, 0) is 6.42 Å². The van der Waals surface area contributed by atoms with Gasteiger partial charge in [0.25, 0.3) is 0 Å². The Hall–Kier alpha value is -1.80. The molecule has 1 aliphatic heterocycles. The Morgan fingerprint density at radius 3 is 2.71 bits per heavy atom. The second-order valence-electron chi connectivity index (χ2n) is 3.85. The maximum Gasteiger partial charge on any atom is 0.392 e. The van der Waals surface area contributed by atoms with Gasteiger partial charge in [-0.3, -0.25) is 4.57 Å². The maximum atomic E-state index is 12.6. The van der Waals surface area contributed by atoms with E-state index in [1.807, 2.05) is 5.10 Å². The topological polar surface area (TPSA) is 88.0 Å². The van der Waals surface area contributed by atoms with Gasteiger partial charge in [0.05, 0.1) is 5.92 Å². The van der Waals surface area contributed by atoms with Gasteiger partial charge in [0.15, 0.2) is 0 Å². The van der Waals surface area contributed by atoms with Crippen molar-refractivity contribution in [1.82, 2.24) is 14.8 Å². The Labute approximate surface area is 92.1 Å². The molecule has 2 rings (SSSR count). The smallest absolute Gasteiger partial charge is 0.392 e. The molecule has 17 heavy (non-hydrogen) atoms. The minimum Gasteiger partial charge on any atom is -0.480 e. The van der Waals surface area contributed by atoms with Crippen LogP contribution in [0.15, 0.2) is 4.79 Å². The summed E-state index contributed by atoms with van der Waals surface area (Å²) in [4.78, 5) is 22.1. The van der Waals surface area contributed by atoms with Gasteiger partial charge in [-0.15, -0.1) is 0 Å². The van der Waals surface area contributed by atoms with Crippen LogP contribution in [-0.4, -0.2) is 32.0 Å². The molecule has 1 aliphatic rings. The number of fused-ring (bicyclic) bond motifs is 1. The van der Waals surface area contributed by atoms with Crippen molar-refractivity contribution in [3.8, 4) is 0 Å². The van der Waals surface area contributed by atoms with Gasteiger partial charge < -0.3 is 5.11 Å². The van der Waals surface area contributed by atoms with Crippen molar-refractivity contribution in [2.45, 2.75) is 25.1 Å². The summed E-state index contributed by atoms with van der Waals surface area (Å²) in [6.07, 6.45) is -5.62. The van der Waals surface area contributed by atoms with Crippen molar-refractivity contribution < 1.29 is 23.1 Å². The molecule has 94 valence electrons. The number of aromatic amines is 1. The molecule has 6 nitrogen and oxygen atoms in total. The van der Waals surface area contributed by atoms with Crippen LogP contribution in [0.4, 0.5) is 13.2 Å². The lowest BCUT2D eigenvalue weighted by Crippen LogP contribution is -2.40. The minimum atomic E-state index is -4.49. The summed E-state index contributed by atoms with van der Waals surface area (Å²) in [6.45, 7) is 0. The van der Waals surface area contributed by atoms with E-state index in [2.05, 4.69) is 5.10 Å². The molecule has 2 N–H and O–H groups in total. The van der Waals surface area contributed by atoms with E-state index in [4.69, 9.17) is 5.11 Å². The van der Waals surface area contributed by atoms with E-state index >= 15 is 0 Å². The SMILES string of the molecule is O=C(O)[C@@H]1C[C@@H](C(F)(F)F)Cc2n[nH]c(=O)n21. The molecule has 1 aromatic heterocycles. The van der Waals surface area contributed by atoms with E-state index in [0.717, 1.165) is 4.57 Å². The first-order chi connectivity index (χ1) is 7.80. The predicted molar refractivity (Wildman–Crippen MR) is 47.4 cm³/mol. The van der Waals surface area contributed by atoms with E-state index in [1.54, 1.807) is 0 Å². The number of halogens is 3. The minimum absolute atomic E-state index is 0.170.